The molecular formula is C27H29Cl2N3O4S. The van der Waals surface area contributed by atoms with Crippen LogP contribution >= 0.6 is 34.5 Å². The predicted molar refractivity (Wildman–Crippen MR) is 145 cm³/mol. The molecule has 2 aromatic carbocycles. The van der Waals surface area contributed by atoms with Gasteiger partial charge in [0.1, 0.15) is 11.8 Å². The Balaban J connectivity index is 1.36. The lowest BCUT2D eigenvalue weighted by molar-refractivity contribution is -0.248. The quantitative estimate of drug-likeness (QED) is 0.392. The van der Waals surface area contributed by atoms with Gasteiger partial charge in [-0.05, 0) is 73.5 Å². The minimum absolute atomic E-state index is 0.221. The molecule has 1 amide bonds. The van der Waals surface area contributed by atoms with E-state index in [0.717, 1.165) is 60.0 Å². The number of amides is 1. The zero-order valence-corrected chi connectivity index (χ0v) is 22.6. The number of thiophene rings is 1. The minimum Gasteiger partial charge on any atom is -0.489 e. The molecular weight excluding hydrogens is 533 g/mol. The number of aliphatic hydroxyl groups is 1. The van der Waals surface area contributed by atoms with Crippen LogP contribution in [0.5, 0.6) is 5.75 Å². The molecule has 1 aliphatic carbocycles. The van der Waals surface area contributed by atoms with Crippen LogP contribution in [0.2, 0.25) is 9.36 Å². The second-order valence-electron chi connectivity index (χ2n) is 10.1. The Morgan fingerprint density at radius 3 is 2.68 bits per heavy atom. The number of carbonyl (C=O) groups excluding carboxylic acids is 1. The summed E-state index contributed by atoms with van der Waals surface area (Å²) in [4.78, 5) is 21.5. The molecule has 0 radical (unpaired) electrons. The highest BCUT2D eigenvalue weighted by atomic mass is 35.5. The van der Waals surface area contributed by atoms with Crippen LogP contribution < -0.4 is 10.5 Å². The highest BCUT2D eigenvalue weighted by Crippen LogP contribution is 2.42. The first-order valence-electron chi connectivity index (χ1n) is 12.7. The number of hydrogen-bond acceptors (Lipinski definition) is 7. The number of fused-ring (bicyclic) bond motifs is 3. The number of primary amides is 1. The van der Waals surface area contributed by atoms with E-state index in [9.17, 15) is 9.90 Å². The maximum Gasteiger partial charge on any atom is 0.241 e. The fourth-order valence-electron chi connectivity index (χ4n) is 5.40. The Morgan fingerprint density at radius 1 is 1.19 bits per heavy atom. The van der Waals surface area contributed by atoms with Gasteiger partial charge in [-0.1, -0.05) is 41.4 Å². The smallest absolute Gasteiger partial charge is 0.241 e. The lowest BCUT2D eigenvalue weighted by Crippen LogP contribution is -2.52. The number of hydroxylamine groups is 2. The summed E-state index contributed by atoms with van der Waals surface area (Å²) < 4.78 is 7.54. The second-order valence-corrected chi connectivity index (χ2v) is 12.2. The number of carbonyl (C=O) groups is 1. The predicted octanol–water partition coefficient (Wildman–Crippen LogP) is 5.22. The first kappa shape index (κ1) is 25.4. The van der Waals surface area contributed by atoms with Gasteiger partial charge in [-0.15, -0.1) is 11.3 Å². The Morgan fingerprint density at radius 2 is 1.97 bits per heavy atom. The summed E-state index contributed by atoms with van der Waals surface area (Å²) in [6.07, 6.45) is 3.51. The molecule has 3 aromatic rings. The average molecular weight is 563 g/mol. The molecule has 37 heavy (non-hydrogen) atoms. The molecule has 1 aromatic heterocycles. The number of nitrogens with two attached hydrogens (primary N) is 1. The topological polar surface area (TPSA) is 88.3 Å². The summed E-state index contributed by atoms with van der Waals surface area (Å²) in [5.74, 6) is 0.0841. The van der Waals surface area contributed by atoms with Crippen LogP contribution in [0.1, 0.15) is 54.5 Å². The number of hydrogen-bond donors (Lipinski definition) is 2. The van der Waals surface area contributed by atoms with Crippen LogP contribution in [-0.4, -0.2) is 52.8 Å². The number of rotatable bonds is 8. The van der Waals surface area contributed by atoms with Crippen LogP contribution in [0.15, 0.2) is 36.4 Å². The summed E-state index contributed by atoms with van der Waals surface area (Å²) in [5.41, 5.74) is 8.32. The zero-order valence-electron chi connectivity index (χ0n) is 20.2. The molecule has 3 N–H and O–H groups in total. The van der Waals surface area contributed by atoms with E-state index in [4.69, 9.17) is 38.5 Å². The monoisotopic (exact) mass is 561 g/mol. The van der Waals surface area contributed by atoms with Crippen molar-refractivity contribution in [2.45, 2.75) is 56.6 Å². The largest absolute Gasteiger partial charge is 0.489 e. The normalized spacial score (nSPS) is 22.2. The maximum absolute atomic E-state index is 12.9. The molecule has 3 atom stereocenters. The molecule has 1 saturated carbocycles. The molecule has 7 nitrogen and oxygen atoms in total. The van der Waals surface area contributed by atoms with Crippen molar-refractivity contribution in [1.82, 2.24) is 9.96 Å². The molecule has 196 valence electrons. The molecule has 1 saturated heterocycles. The van der Waals surface area contributed by atoms with E-state index in [1.54, 1.807) is 17.2 Å². The fourth-order valence-corrected chi connectivity index (χ4v) is 6.91. The Labute approximate surface area is 229 Å². The van der Waals surface area contributed by atoms with Crippen LogP contribution in [0.3, 0.4) is 0 Å². The molecule has 10 heteroatoms. The summed E-state index contributed by atoms with van der Waals surface area (Å²) in [6, 6.07) is 9.76. The van der Waals surface area contributed by atoms with Crippen molar-refractivity contribution in [2.75, 3.05) is 19.6 Å². The lowest BCUT2D eigenvalue weighted by Gasteiger charge is -2.42. The molecule has 2 aliphatic heterocycles. The first-order chi connectivity index (χ1) is 17.9. The number of ether oxygens (including phenoxy) is 1. The van der Waals surface area contributed by atoms with Gasteiger partial charge in [-0.3, -0.25) is 9.63 Å². The van der Waals surface area contributed by atoms with Gasteiger partial charge in [-0.2, -0.15) is 5.06 Å². The van der Waals surface area contributed by atoms with Crippen LogP contribution in [0, 0.1) is 0 Å². The van der Waals surface area contributed by atoms with E-state index < -0.39 is 24.1 Å². The van der Waals surface area contributed by atoms with Crippen molar-refractivity contribution in [2.24, 2.45) is 5.73 Å². The molecule has 6 rings (SSSR count). The fraction of sp³-hybridized carbons (Fsp3) is 0.444. The minimum atomic E-state index is -0.976. The third kappa shape index (κ3) is 5.08. The van der Waals surface area contributed by atoms with Crippen molar-refractivity contribution in [3.63, 3.8) is 0 Å². The molecule has 3 aliphatic rings. The van der Waals surface area contributed by atoms with Crippen molar-refractivity contribution >= 4 is 50.5 Å². The number of halogens is 2. The van der Waals surface area contributed by atoms with Crippen LogP contribution in [0.25, 0.3) is 10.1 Å². The van der Waals surface area contributed by atoms with Gasteiger partial charge >= 0.3 is 0 Å². The van der Waals surface area contributed by atoms with Crippen molar-refractivity contribution in [3.05, 3.63) is 62.4 Å². The number of nitrogens with zero attached hydrogens (tertiary/aromatic N) is 2. The molecule has 0 spiro atoms. The van der Waals surface area contributed by atoms with E-state index >= 15 is 0 Å². The molecule has 2 fully saturated rings. The van der Waals surface area contributed by atoms with Gasteiger partial charge < -0.3 is 20.5 Å². The molecule has 0 bridgehead atoms. The number of aliphatic hydroxyl groups excluding tert-OH is 1. The maximum atomic E-state index is 12.9. The van der Waals surface area contributed by atoms with Gasteiger partial charge in [0.25, 0.3) is 0 Å². The van der Waals surface area contributed by atoms with E-state index in [2.05, 4.69) is 4.90 Å². The van der Waals surface area contributed by atoms with Gasteiger partial charge in [0.05, 0.1) is 34.2 Å². The lowest BCUT2D eigenvalue weighted by atomic mass is 9.93. The Bertz CT molecular complexity index is 1320. The molecule has 1 unspecified atom stereocenters. The van der Waals surface area contributed by atoms with Crippen molar-refractivity contribution in [3.8, 4) is 5.75 Å². The summed E-state index contributed by atoms with van der Waals surface area (Å²) in [6.45, 7) is 2.63. The SMILES string of the molecule is NC(=O)C1c2ccc3cc(Cl)sc3c2CON1[C@H](CN1CCCC1)[C@H](O)c1ccc(OC2CC2)c(Cl)c1. The number of likely N-dealkylation sites (tertiary alicyclic amines) is 1. The number of benzene rings is 2. The summed E-state index contributed by atoms with van der Waals surface area (Å²) in [7, 11) is 0. The van der Waals surface area contributed by atoms with Crippen LogP contribution in [0.4, 0.5) is 0 Å². The zero-order chi connectivity index (χ0) is 25.7. The second kappa shape index (κ2) is 10.3. The Kier molecular flexibility index (Phi) is 7.09. The Hall–Kier alpha value is -1.91. The van der Waals surface area contributed by atoms with Crippen LogP contribution in [-0.2, 0) is 16.2 Å². The van der Waals surface area contributed by atoms with E-state index in [1.165, 1.54) is 11.3 Å². The van der Waals surface area contributed by atoms with Gasteiger partial charge in [-0.25, -0.2) is 0 Å². The first-order valence-corrected chi connectivity index (χ1v) is 14.2. The van der Waals surface area contributed by atoms with E-state index in [-0.39, 0.29) is 12.7 Å². The highest BCUT2D eigenvalue weighted by molar-refractivity contribution is 7.22. The van der Waals surface area contributed by atoms with E-state index in [1.807, 2.05) is 24.3 Å². The average Bonchev–Trinajstić information content (AvgIpc) is 3.38. The highest BCUT2D eigenvalue weighted by Gasteiger charge is 2.42. The van der Waals surface area contributed by atoms with Gasteiger partial charge in [0.2, 0.25) is 5.91 Å². The summed E-state index contributed by atoms with van der Waals surface area (Å²) >= 11 is 14.3. The van der Waals surface area contributed by atoms with Gasteiger partial charge in [0, 0.05) is 16.8 Å². The van der Waals surface area contributed by atoms with Crippen molar-refractivity contribution < 1.29 is 19.5 Å². The van der Waals surface area contributed by atoms with Gasteiger partial charge in [0.15, 0.2) is 0 Å². The third-order valence-corrected chi connectivity index (χ3v) is 9.06. The standard InChI is InChI=1S/C27H29Cl2N3O4S/c28-20-11-15(4-8-22(20)36-17-5-6-17)25(33)21(13-31-9-1-2-10-31)32-24(27(30)34)18-7-3-16-12-23(29)37-26(16)19(18)14-35-32/h3-4,7-8,11-12,17,21,24-25,33H,1-2,5-6,9-10,13-14H2,(H2,30,34)/t21-,24?,25-/m1/s1. The molecule has 3 heterocycles. The summed E-state index contributed by atoms with van der Waals surface area (Å²) in [5, 5.41) is 14.8. The van der Waals surface area contributed by atoms with E-state index in [0.29, 0.717) is 27.2 Å². The van der Waals surface area contributed by atoms with Crippen molar-refractivity contribution in [1.29, 1.82) is 0 Å². The third-order valence-electron chi connectivity index (χ3n) is 7.42.